The lowest BCUT2D eigenvalue weighted by Crippen LogP contribution is -2.27. The Morgan fingerprint density at radius 2 is 2.00 bits per heavy atom. The minimum absolute atomic E-state index is 0.325. The van der Waals surface area contributed by atoms with Gasteiger partial charge in [0.1, 0.15) is 0 Å². The summed E-state index contributed by atoms with van der Waals surface area (Å²) < 4.78 is 0. The first kappa shape index (κ1) is 8.57. The van der Waals surface area contributed by atoms with Crippen LogP contribution in [0.15, 0.2) is 0 Å². The van der Waals surface area contributed by atoms with Crippen molar-refractivity contribution in [2.45, 2.75) is 32.1 Å². The minimum Gasteiger partial charge on any atom is -0.343 e. The molecule has 1 rings (SSSR count). The summed E-state index contributed by atoms with van der Waals surface area (Å²) in [5, 5.41) is 0. The van der Waals surface area contributed by atoms with E-state index in [-0.39, 0.29) is 0 Å². The van der Waals surface area contributed by atoms with Crippen LogP contribution in [0.5, 0.6) is 0 Å². The number of hydrogen-bond donors (Lipinski definition) is 0. The number of hydrogen-bond acceptors (Lipinski definition) is 1. The highest BCUT2D eigenvalue weighted by molar-refractivity contribution is 5.76. The van der Waals surface area contributed by atoms with Crippen molar-refractivity contribution in [1.29, 1.82) is 0 Å². The highest BCUT2D eigenvalue weighted by atomic mass is 16.2. The van der Waals surface area contributed by atoms with E-state index in [1.165, 1.54) is 12.8 Å². The smallest absolute Gasteiger partial charge is 0.222 e. The first-order valence-electron chi connectivity index (χ1n) is 4.41. The fraction of sp³-hybridized carbons (Fsp3) is 0.778. The fourth-order valence-corrected chi connectivity index (χ4v) is 1.40. The second-order valence-corrected chi connectivity index (χ2v) is 3.05. The molecule has 1 saturated heterocycles. The molecule has 2 nitrogen and oxygen atoms in total. The maximum atomic E-state index is 11.3. The van der Waals surface area contributed by atoms with Gasteiger partial charge in [0.2, 0.25) is 5.91 Å². The summed E-state index contributed by atoms with van der Waals surface area (Å²) in [5.74, 6) is 0.325. The topological polar surface area (TPSA) is 20.3 Å². The standard InChI is InChI=1S/C9H16NO/c1-2-3-6-9(11)10-7-4-5-8-10/h1-8H2. The Labute approximate surface area is 68.6 Å². The predicted octanol–water partition coefficient (Wildman–Crippen LogP) is 1.61. The van der Waals surface area contributed by atoms with Gasteiger partial charge in [-0.3, -0.25) is 4.79 Å². The zero-order valence-electron chi connectivity index (χ0n) is 7.01. The molecule has 1 aliphatic heterocycles. The van der Waals surface area contributed by atoms with E-state index in [9.17, 15) is 4.79 Å². The number of rotatable bonds is 3. The van der Waals surface area contributed by atoms with Gasteiger partial charge in [-0.05, 0) is 19.3 Å². The Kier molecular flexibility index (Phi) is 3.40. The quantitative estimate of drug-likeness (QED) is 0.604. The van der Waals surface area contributed by atoms with Gasteiger partial charge in [-0.25, -0.2) is 0 Å². The Balaban J connectivity index is 2.17. The van der Waals surface area contributed by atoms with E-state index in [0.717, 1.165) is 25.9 Å². The molecule has 0 aliphatic carbocycles. The highest BCUT2D eigenvalue weighted by Gasteiger charge is 2.16. The van der Waals surface area contributed by atoms with Crippen LogP contribution in [0.1, 0.15) is 32.1 Å². The second kappa shape index (κ2) is 4.37. The van der Waals surface area contributed by atoms with Gasteiger partial charge in [0.25, 0.3) is 0 Å². The van der Waals surface area contributed by atoms with Gasteiger partial charge in [0, 0.05) is 19.5 Å². The number of unbranched alkanes of at least 4 members (excludes halogenated alkanes) is 1. The van der Waals surface area contributed by atoms with Crippen molar-refractivity contribution in [3.05, 3.63) is 6.92 Å². The maximum absolute atomic E-state index is 11.3. The molecule has 1 heterocycles. The summed E-state index contributed by atoms with van der Waals surface area (Å²) in [5.41, 5.74) is 0. The molecule has 0 aromatic carbocycles. The summed E-state index contributed by atoms with van der Waals surface area (Å²) in [6, 6.07) is 0. The molecule has 0 bridgehead atoms. The lowest BCUT2D eigenvalue weighted by Gasteiger charge is -2.14. The number of likely N-dealkylation sites (tertiary alicyclic amines) is 1. The summed E-state index contributed by atoms with van der Waals surface area (Å²) >= 11 is 0. The number of carbonyl (C=O) groups excluding carboxylic acids is 1. The summed E-state index contributed by atoms with van der Waals surface area (Å²) in [7, 11) is 0. The normalized spacial score (nSPS) is 17.4. The van der Waals surface area contributed by atoms with Crippen molar-refractivity contribution < 1.29 is 4.79 Å². The van der Waals surface area contributed by atoms with Crippen LogP contribution < -0.4 is 0 Å². The van der Waals surface area contributed by atoms with E-state index < -0.39 is 0 Å². The van der Waals surface area contributed by atoms with Crippen molar-refractivity contribution in [1.82, 2.24) is 4.90 Å². The van der Waals surface area contributed by atoms with E-state index in [2.05, 4.69) is 6.92 Å². The molecular weight excluding hydrogens is 138 g/mol. The van der Waals surface area contributed by atoms with Gasteiger partial charge < -0.3 is 4.90 Å². The van der Waals surface area contributed by atoms with E-state index in [1.54, 1.807) is 0 Å². The Bertz CT molecular complexity index is 128. The summed E-state index contributed by atoms with van der Waals surface area (Å²) in [6.45, 7) is 5.68. The van der Waals surface area contributed by atoms with Crippen LogP contribution in [0.3, 0.4) is 0 Å². The van der Waals surface area contributed by atoms with Gasteiger partial charge >= 0.3 is 0 Å². The molecule has 63 valence electrons. The molecule has 0 atom stereocenters. The summed E-state index contributed by atoms with van der Waals surface area (Å²) in [6.07, 6.45) is 4.89. The Hall–Kier alpha value is -0.530. The van der Waals surface area contributed by atoms with Gasteiger partial charge in [-0.15, -0.1) is 0 Å². The molecule has 1 radical (unpaired) electrons. The van der Waals surface area contributed by atoms with Gasteiger partial charge in [0.15, 0.2) is 0 Å². The third-order valence-electron chi connectivity index (χ3n) is 2.10. The average Bonchev–Trinajstić information content (AvgIpc) is 2.52. The Morgan fingerprint density at radius 3 is 2.55 bits per heavy atom. The predicted molar refractivity (Wildman–Crippen MR) is 45.0 cm³/mol. The van der Waals surface area contributed by atoms with E-state index >= 15 is 0 Å². The van der Waals surface area contributed by atoms with Crippen LogP contribution in [0.2, 0.25) is 0 Å². The third-order valence-corrected chi connectivity index (χ3v) is 2.10. The van der Waals surface area contributed by atoms with Crippen molar-refractivity contribution in [3.63, 3.8) is 0 Å². The van der Waals surface area contributed by atoms with Crippen molar-refractivity contribution >= 4 is 5.91 Å². The fourth-order valence-electron chi connectivity index (χ4n) is 1.40. The van der Waals surface area contributed by atoms with Gasteiger partial charge in [-0.2, -0.15) is 0 Å². The zero-order chi connectivity index (χ0) is 8.10. The maximum Gasteiger partial charge on any atom is 0.222 e. The van der Waals surface area contributed by atoms with Gasteiger partial charge in [-0.1, -0.05) is 13.3 Å². The molecule has 0 aromatic heterocycles. The SMILES string of the molecule is [CH2]CCCC(=O)N1CCCC1. The molecule has 1 amide bonds. The largest absolute Gasteiger partial charge is 0.343 e. The molecule has 2 heteroatoms. The van der Waals surface area contributed by atoms with Crippen molar-refractivity contribution in [2.24, 2.45) is 0 Å². The van der Waals surface area contributed by atoms with E-state index in [0.29, 0.717) is 12.3 Å². The molecule has 11 heavy (non-hydrogen) atoms. The minimum atomic E-state index is 0.325. The Morgan fingerprint density at radius 1 is 1.36 bits per heavy atom. The molecule has 1 fully saturated rings. The molecule has 0 unspecified atom stereocenters. The molecule has 0 aromatic rings. The first-order chi connectivity index (χ1) is 5.34. The van der Waals surface area contributed by atoms with E-state index in [1.807, 2.05) is 4.90 Å². The summed E-state index contributed by atoms with van der Waals surface area (Å²) in [4.78, 5) is 13.3. The lowest BCUT2D eigenvalue weighted by molar-refractivity contribution is -0.130. The molecule has 0 N–H and O–H groups in total. The monoisotopic (exact) mass is 154 g/mol. The number of amides is 1. The molecule has 0 saturated carbocycles. The third kappa shape index (κ3) is 2.52. The molecule has 0 spiro atoms. The number of nitrogens with zero attached hydrogens (tertiary/aromatic N) is 1. The molecular formula is C9H16NO. The lowest BCUT2D eigenvalue weighted by atomic mass is 10.2. The van der Waals surface area contributed by atoms with Crippen LogP contribution in [-0.2, 0) is 4.79 Å². The first-order valence-corrected chi connectivity index (χ1v) is 4.41. The van der Waals surface area contributed by atoms with E-state index in [4.69, 9.17) is 0 Å². The van der Waals surface area contributed by atoms with Gasteiger partial charge in [0.05, 0.1) is 0 Å². The van der Waals surface area contributed by atoms with Crippen molar-refractivity contribution in [3.8, 4) is 0 Å². The zero-order valence-corrected chi connectivity index (χ0v) is 7.01. The average molecular weight is 154 g/mol. The van der Waals surface area contributed by atoms with Crippen LogP contribution in [0.25, 0.3) is 0 Å². The highest BCUT2D eigenvalue weighted by Crippen LogP contribution is 2.10. The van der Waals surface area contributed by atoms with Crippen LogP contribution >= 0.6 is 0 Å². The van der Waals surface area contributed by atoms with Crippen LogP contribution in [0.4, 0.5) is 0 Å². The van der Waals surface area contributed by atoms with Crippen LogP contribution in [-0.4, -0.2) is 23.9 Å². The second-order valence-electron chi connectivity index (χ2n) is 3.05. The number of carbonyl (C=O) groups is 1. The van der Waals surface area contributed by atoms with Crippen LogP contribution in [0, 0.1) is 6.92 Å². The molecule has 1 aliphatic rings. The van der Waals surface area contributed by atoms with Crippen molar-refractivity contribution in [2.75, 3.05) is 13.1 Å².